The number of alkyl halides is 2. The number of carbonyl (C=O) groups excluding carboxylic acids is 2. The molecule has 224 valence electrons. The highest BCUT2D eigenvalue weighted by Crippen LogP contribution is 2.37. The summed E-state index contributed by atoms with van der Waals surface area (Å²) < 4.78 is 52.8. The maximum Gasteiger partial charge on any atom is 0.408 e. The largest absolute Gasteiger partial charge is 0.489 e. The van der Waals surface area contributed by atoms with Crippen molar-refractivity contribution in [2.45, 2.75) is 64.9 Å². The zero-order valence-electron chi connectivity index (χ0n) is 23.1. The number of ether oxygens (including phenoxy) is 4. The molecule has 2 aromatic rings. The average Bonchev–Trinajstić information content (AvgIpc) is 3.61. The molecule has 1 saturated heterocycles. The van der Waals surface area contributed by atoms with Crippen LogP contribution in [0.4, 0.5) is 13.6 Å². The first kappa shape index (κ1) is 30.0. The third-order valence-corrected chi connectivity index (χ3v) is 6.19. The van der Waals surface area contributed by atoms with Crippen LogP contribution in [0, 0.1) is 5.92 Å². The van der Waals surface area contributed by atoms with Gasteiger partial charge in [0, 0.05) is 12.1 Å². The first-order chi connectivity index (χ1) is 19.3. The van der Waals surface area contributed by atoms with Crippen LogP contribution in [-0.2, 0) is 14.3 Å². The number of rotatable bonds is 10. The third kappa shape index (κ3) is 8.06. The van der Waals surface area contributed by atoms with E-state index in [2.05, 4.69) is 15.0 Å². The van der Waals surface area contributed by atoms with Crippen LogP contribution in [0.15, 0.2) is 22.6 Å². The van der Waals surface area contributed by atoms with E-state index in [1.165, 1.54) is 23.1 Å². The summed E-state index contributed by atoms with van der Waals surface area (Å²) in [5.74, 6) is -1.69. The minimum atomic E-state index is -3.07. The van der Waals surface area contributed by atoms with Crippen molar-refractivity contribution in [1.82, 2.24) is 15.2 Å². The number of nitrogens with one attached hydrogen (secondary N) is 1. The van der Waals surface area contributed by atoms with Crippen LogP contribution in [0.2, 0.25) is 0 Å². The molecule has 2 aliphatic rings. The minimum Gasteiger partial charge on any atom is -0.489 e. The molecule has 2 fully saturated rings. The number of hydrogen-bond acceptors (Lipinski definition) is 9. The smallest absolute Gasteiger partial charge is 0.408 e. The Labute approximate surface area is 234 Å². The Balaban J connectivity index is 1.68. The first-order valence-electron chi connectivity index (χ1n) is 13.2. The number of carbonyl (C=O) groups is 3. The molecule has 1 aromatic heterocycles. The fourth-order valence-corrected chi connectivity index (χ4v) is 4.02. The average molecular weight is 582 g/mol. The lowest BCUT2D eigenvalue weighted by Crippen LogP contribution is -2.49. The minimum absolute atomic E-state index is 0.00174. The normalized spacial score (nSPS) is 18.1. The van der Waals surface area contributed by atoms with E-state index >= 15 is 0 Å². The second kappa shape index (κ2) is 12.3. The summed E-state index contributed by atoms with van der Waals surface area (Å²) in [5, 5.41) is 12.0. The molecule has 12 nitrogen and oxygen atoms in total. The number of aromatic nitrogens is 1. The molecule has 0 radical (unpaired) electrons. The molecule has 1 saturated carbocycles. The predicted octanol–water partition coefficient (Wildman–Crippen LogP) is 4.24. The van der Waals surface area contributed by atoms with Gasteiger partial charge in [0.25, 0.3) is 5.91 Å². The highest BCUT2D eigenvalue weighted by molar-refractivity contribution is 5.94. The van der Waals surface area contributed by atoms with Gasteiger partial charge in [-0.2, -0.15) is 8.78 Å². The molecule has 1 aliphatic carbocycles. The number of benzene rings is 1. The number of carboxylic acids is 1. The number of hydrogen-bond donors (Lipinski definition) is 2. The highest BCUT2D eigenvalue weighted by Gasteiger charge is 2.35. The topological polar surface area (TPSA) is 150 Å². The quantitative estimate of drug-likeness (QED) is 0.417. The van der Waals surface area contributed by atoms with Gasteiger partial charge in [0.2, 0.25) is 5.89 Å². The number of nitrogens with zero attached hydrogens (tertiary/aromatic N) is 2. The van der Waals surface area contributed by atoms with Gasteiger partial charge >= 0.3 is 18.7 Å². The van der Waals surface area contributed by atoms with Crippen LogP contribution in [0.3, 0.4) is 0 Å². The molecule has 0 spiro atoms. The Kier molecular flexibility index (Phi) is 9.00. The van der Waals surface area contributed by atoms with E-state index in [0.29, 0.717) is 18.1 Å². The SMILES string of the molecule is C[C@H](NC(=O)OC(C)(C)C)c1oc(-c2ccc(OC(F)F)c(OCC3CC3)c2)nc1C(=O)N1CCOC(C(=O)O)C1. The molecule has 14 heteroatoms. The van der Waals surface area contributed by atoms with E-state index < -0.39 is 42.3 Å². The first-order valence-corrected chi connectivity index (χ1v) is 13.2. The number of morpholine rings is 1. The second-order valence-corrected chi connectivity index (χ2v) is 10.8. The Morgan fingerprint density at radius 1 is 1.22 bits per heavy atom. The summed E-state index contributed by atoms with van der Waals surface area (Å²) in [5.41, 5.74) is -0.649. The summed E-state index contributed by atoms with van der Waals surface area (Å²) in [6.45, 7) is 3.79. The Morgan fingerprint density at radius 3 is 2.59 bits per heavy atom. The van der Waals surface area contributed by atoms with Gasteiger partial charge in [0.15, 0.2) is 29.1 Å². The van der Waals surface area contributed by atoms with Crippen molar-refractivity contribution in [3.8, 4) is 23.0 Å². The molecule has 1 aliphatic heterocycles. The van der Waals surface area contributed by atoms with Crippen molar-refractivity contribution >= 4 is 18.0 Å². The van der Waals surface area contributed by atoms with Gasteiger partial charge in [-0.15, -0.1) is 0 Å². The molecular formula is C27H33F2N3O9. The van der Waals surface area contributed by atoms with Crippen molar-refractivity contribution in [3.63, 3.8) is 0 Å². The number of halogens is 2. The number of amides is 2. The molecule has 41 heavy (non-hydrogen) atoms. The fourth-order valence-electron chi connectivity index (χ4n) is 4.02. The molecule has 1 aromatic carbocycles. The van der Waals surface area contributed by atoms with Crippen LogP contribution < -0.4 is 14.8 Å². The van der Waals surface area contributed by atoms with Crippen molar-refractivity contribution in [1.29, 1.82) is 0 Å². The number of alkyl carbamates (subject to hydrolysis) is 1. The van der Waals surface area contributed by atoms with Crippen LogP contribution in [0.1, 0.15) is 62.8 Å². The Bertz CT molecular complexity index is 1270. The van der Waals surface area contributed by atoms with Gasteiger partial charge in [-0.05, 0) is 64.7 Å². The van der Waals surface area contributed by atoms with Gasteiger partial charge in [0.1, 0.15) is 5.60 Å². The van der Waals surface area contributed by atoms with Gasteiger partial charge in [0.05, 0.1) is 25.8 Å². The van der Waals surface area contributed by atoms with Gasteiger partial charge in [-0.3, -0.25) is 4.79 Å². The lowest BCUT2D eigenvalue weighted by Gasteiger charge is -2.30. The van der Waals surface area contributed by atoms with E-state index in [4.69, 9.17) is 18.6 Å². The molecule has 0 bridgehead atoms. The summed E-state index contributed by atoms with van der Waals surface area (Å²) >= 11 is 0. The zero-order valence-corrected chi connectivity index (χ0v) is 23.1. The maximum atomic E-state index is 13.6. The molecule has 4 rings (SSSR count). The Hall–Kier alpha value is -3.94. The van der Waals surface area contributed by atoms with Crippen LogP contribution in [0.5, 0.6) is 11.5 Å². The van der Waals surface area contributed by atoms with E-state index in [0.717, 1.165) is 12.8 Å². The van der Waals surface area contributed by atoms with Crippen LogP contribution >= 0.6 is 0 Å². The number of carboxylic acid groups (broad SMARTS) is 1. The third-order valence-electron chi connectivity index (χ3n) is 6.19. The van der Waals surface area contributed by atoms with Gasteiger partial charge in [-0.25, -0.2) is 14.6 Å². The fraction of sp³-hybridized carbons (Fsp3) is 0.556. The summed E-state index contributed by atoms with van der Waals surface area (Å²) in [4.78, 5) is 43.1. The number of aliphatic carboxylic acids is 1. The van der Waals surface area contributed by atoms with Crippen molar-refractivity contribution in [3.05, 3.63) is 29.7 Å². The lowest BCUT2D eigenvalue weighted by atomic mass is 10.1. The van der Waals surface area contributed by atoms with Crippen molar-refractivity contribution in [2.24, 2.45) is 5.92 Å². The molecule has 2 heterocycles. The summed E-state index contributed by atoms with van der Waals surface area (Å²) in [6.07, 6.45) is -0.0191. The summed E-state index contributed by atoms with van der Waals surface area (Å²) in [6, 6.07) is 3.24. The molecule has 2 N–H and O–H groups in total. The van der Waals surface area contributed by atoms with E-state index in [-0.39, 0.29) is 48.5 Å². The van der Waals surface area contributed by atoms with Crippen molar-refractivity contribution in [2.75, 3.05) is 26.3 Å². The molecule has 1 unspecified atom stereocenters. The van der Waals surface area contributed by atoms with E-state index in [9.17, 15) is 28.3 Å². The van der Waals surface area contributed by atoms with Gasteiger partial charge in [-0.1, -0.05) is 0 Å². The molecule has 2 atom stereocenters. The van der Waals surface area contributed by atoms with Gasteiger partial charge < -0.3 is 38.7 Å². The van der Waals surface area contributed by atoms with Crippen LogP contribution in [0.25, 0.3) is 11.5 Å². The van der Waals surface area contributed by atoms with Crippen molar-refractivity contribution < 1.29 is 51.6 Å². The maximum absolute atomic E-state index is 13.6. The van der Waals surface area contributed by atoms with Crippen LogP contribution in [-0.4, -0.2) is 77.6 Å². The standard InChI is InChI=1S/C27H33F2N3O9/c1-14(30-26(36)41-27(2,3)4)21-20(23(33)32-9-10-37-19(12-32)24(34)35)31-22(40-21)16-7-8-17(39-25(28)29)18(11-16)38-13-15-5-6-15/h7-8,11,14-15,19,25H,5-6,9-10,12-13H2,1-4H3,(H,30,36)(H,34,35)/t14-,19?/m0/s1. The lowest BCUT2D eigenvalue weighted by molar-refractivity contribution is -0.154. The van der Waals surface area contributed by atoms with E-state index in [1.807, 2.05) is 0 Å². The summed E-state index contributed by atoms with van der Waals surface area (Å²) in [7, 11) is 0. The number of oxazole rings is 1. The monoisotopic (exact) mass is 581 g/mol. The molecular weight excluding hydrogens is 548 g/mol. The van der Waals surface area contributed by atoms with E-state index in [1.54, 1.807) is 27.7 Å². The highest BCUT2D eigenvalue weighted by atomic mass is 19.3. The second-order valence-electron chi connectivity index (χ2n) is 10.8. The predicted molar refractivity (Wildman–Crippen MR) is 138 cm³/mol. The Morgan fingerprint density at radius 2 is 1.95 bits per heavy atom. The zero-order chi connectivity index (χ0) is 29.9. The molecule has 2 amide bonds.